The summed E-state index contributed by atoms with van der Waals surface area (Å²) in [4.78, 5) is 28.5. The number of aryl methyl sites for hydroxylation is 1. The predicted octanol–water partition coefficient (Wildman–Crippen LogP) is 3.09. The van der Waals surface area contributed by atoms with Gasteiger partial charge in [-0.15, -0.1) is 11.3 Å². The minimum Gasteiger partial charge on any atom is -0.505 e. The maximum atomic E-state index is 11.9. The highest BCUT2D eigenvalue weighted by Crippen LogP contribution is 2.14. The number of carbonyl (C=O) groups excluding carboxylic acids is 2. The van der Waals surface area contributed by atoms with Crippen LogP contribution < -0.4 is 0 Å². The van der Waals surface area contributed by atoms with E-state index < -0.39 is 17.4 Å². The zero-order chi connectivity index (χ0) is 15.8. The van der Waals surface area contributed by atoms with Crippen LogP contribution in [0.5, 0.6) is 0 Å². The van der Waals surface area contributed by atoms with Gasteiger partial charge in [0.25, 0.3) is 0 Å². The molecule has 1 aromatic rings. The summed E-state index contributed by atoms with van der Waals surface area (Å²) >= 11 is 1.68. The Hall–Kier alpha value is -2.20. The van der Waals surface area contributed by atoms with Crippen LogP contribution in [0.25, 0.3) is 4.98 Å². The lowest BCUT2D eigenvalue weighted by Gasteiger charge is -2.11. The Labute approximate surface area is 127 Å². The SMILES string of the molecule is C/C(O)=C(\[N+]#N)C(=O)N(C)C(=O)CCCCc1cccs1. The molecule has 0 spiro atoms. The highest BCUT2D eigenvalue weighted by molar-refractivity contribution is 7.09. The number of hydrogen-bond acceptors (Lipinski definition) is 5. The minimum atomic E-state index is -0.819. The Morgan fingerprint density at radius 3 is 2.67 bits per heavy atom. The molecule has 0 fully saturated rings. The normalized spacial score (nSPS) is 11.5. The van der Waals surface area contributed by atoms with E-state index in [1.807, 2.05) is 17.5 Å². The molecule has 0 aromatic carbocycles. The number of unbranched alkanes of at least 4 members (excludes halogenated alkanes) is 1. The molecular formula is C14H18N3O3S+. The third kappa shape index (κ3) is 5.00. The second kappa shape index (κ2) is 8.17. The van der Waals surface area contributed by atoms with Crippen molar-refractivity contribution in [2.45, 2.75) is 32.6 Å². The Balaban J connectivity index is 2.43. The number of likely N-dealkylation sites (N-methyl/N-ethyl adjacent to an activating group) is 1. The standard InChI is InChI=1S/C14H17N3O3S/c1-10(18)13(16-15)14(20)17(2)12(19)8-4-3-6-11-7-5-9-21-11/h5,7,9H,3-4,6,8H2,1-2H3/p+1. The number of aliphatic hydroxyl groups is 1. The molecule has 112 valence electrons. The lowest BCUT2D eigenvalue weighted by molar-refractivity contribution is -0.140. The zero-order valence-corrected chi connectivity index (χ0v) is 12.9. The van der Waals surface area contributed by atoms with Crippen molar-refractivity contribution in [2.75, 3.05) is 7.05 Å². The Morgan fingerprint density at radius 1 is 1.43 bits per heavy atom. The van der Waals surface area contributed by atoms with Crippen molar-refractivity contribution in [3.63, 3.8) is 0 Å². The molecule has 6 nitrogen and oxygen atoms in total. The molecule has 0 saturated carbocycles. The average Bonchev–Trinajstić information content (AvgIpc) is 2.95. The summed E-state index contributed by atoms with van der Waals surface area (Å²) in [6, 6.07) is 4.03. The highest BCUT2D eigenvalue weighted by atomic mass is 32.1. The number of thiophene rings is 1. The van der Waals surface area contributed by atoms with E-state index in [4.69, 9.17) is 5.39 Å². The lowest BCUT2D eigenvalue weighted by Crippen LogP contribution is -2.33. The molecule has 21 heavy (non-hydrogen) atoms. The fourth-order valence-corrected chi connectivity index (χ4v) is 2.49. The maximum absolute atomic E-state index is 11.9. The Bertz CT molecular complexity index is 569. The smallest absolute Gasteiger partial charge is 0.485 e. The van der Waals surface area contributed by atoms with Gasteiger partial charge in [0.05, 0.1) is 0 Å². The molecule has 0 aliphatic heterocycles. The van der Waals surface area contributed by atoms with Gasteiger partial charge in [-0.3, -0.25) is 14.5 Å². The van der Waals surface area contributed by atoms with Gasteiger partial charge in [0.2, 0.25) is 11.3 Å². The molecule has 0 saturated heterocycles. The molecule has 1 N–H and O–H groups in total. The van der Waals surface area contributed by atoms with Gasteiger partial charge in [0.15, 0.2) is 10.7 Å². The van der Waals surface area contributed by atoms with Crippen LogP contribution in [-0.2, 0) is 16.0 Å². The number of carbonyl (C=O) groups is 2. The van der Waals surface area contributed by atoms with Crippen LogP contribution in [0.1, 0.15) is 31.1 Å². The van der Waals surface area contributed by atoms with Gasteiger partial charge in [-0.05, 0) is 30.7 Å². The summed E-state index contributed by atoms with van der Waals surface area (Å²) in [7, 11) is 1.30. The fourth-order valence-electron chi connectivity index (χ4n) is 1.74. The van der Waals surface area contributed by atoms with Gasteiger partial charge >= 0.3 is 11.6 Å². The van der Waals surface area contributed by atoms with Crippen molar-refractivity contribution in [3.05, 3.63) is 38.8 Å². The molecule has 2 amide bonds. The highest BCUT2D eigenvalue weighted by Gasteiger charge is 2.32. The molecule has 0 aliphatic carbocycles. The van der Waals surface area contributed by atoms with E-state index in [1.165, 1.54) is 18.8 Å². The summed E-state index contributed by atoms with van der Waals surface area (Å²) < 4.78 is 0. The van der Waals surface area contributed by atoms with Gasteiger partial charge < -0.3 is 5.11 Å². The number of imide groups is 1. The first-order chi connectivity index (χ1) is 9.97. The number of diazo groups is 1. The van der Waals surface area contributed by atoms with Gasteiger partial charge in [0, 0.05) is 25.3 Å². The minimum absolute atomic E-state index is 0.233. The zero-order valence-electron chi connectivity index (χ0n) is 12.1. The van der Waals surface area contributed by atoms with Crippen molar-refractivity contribution in [1.82, 2.24) is 4.90 Å². The van der Waals surface area contributed by atoms with E-state index in [0.29, 0.717) is 6.42 Å². The largest absolute Gasteiger partial charge is 0.505 e. The molecule has 0 radical (unpaired) electrons. The number of hydrogen-bond donors (Lipinski definition) is 1. The predicted molar refractivity (Wildman–Crippen MR) is 80.1 cm³/mol. The van der Waals surface area contributed by atoms with Gasteiger partial charge in [-0.25, -0.2) is 0 Å². The van der Waals surface area contributed by atoms with Gasteiger partial charge in [-0.2, -0.15) is 0 Å². The van der Waals surface area contributed by atoms with E-state index in [9.17, 15) is 14.7 Å². The summed E-state index contributed by atoms with van der Waals surface area (Å²) in [5, 5.41) is 19.9. The van der Waals surface area contributed by atoms with Gasteiger partial charge in [-0.1, -0.05) is 6.07 Å². The topological polar surface area (TPSA) is 85.8 Å². The molecule has 1 aromatic heterocycles. The van der Waals surface area contributed by atoms with Crippen LogP contribution >= 0.6 is 11.3 Å². The molecule has 1 rings (SSSR count). The molecule has 1 heterocycles. The van der Waals surface area contributed by atoms with Crippen molar-refractivity contribution in [1.29, 1.82) is 5.39 Å². The first-order valence-corrected chi connectivity index (χ1v) is 7.43. The number of allylic oxidation sites excluding steroid dienone is 1. The fraction of sp³-hybridized carbons (Fsp3) is 0.429. The Morgan fingerprint density at radius 2 is 2.14 bits per heavy atom. The third-order valence-corrected chi connectivity index (χ3v) is 3.90. The van der Waals surface area contributed by atoms with Crippen molar-refractivity contribution >= 4 is 23.2 Å². The van der Waals surface area contributed by atoms with Crippen LogP contribution in [0, 0.1) is 5.39 Å². The lowest BCUT2D eigenvalue weighted by atomic mass is 10.1. The van der Waals surface area contributed by atoms with Crippen molar-refractivity contribution in [3.8, 4) is 0 Å². The van der Waals surface area contributed by atoms with Crippen LogP contribution in [0.4, 0.5) is 0 Å². The number of nitrogens with zero attached hydrogens (tertiary/aromatic N) is 3. The first-order valence-electron chi connectivity index (χ1n) is 6.55. The van der Waals surface area contributed by atoms with Crippen LogP contribution in [0.15, 0.2) is 29.0 Å². The molecule has 0 atom stereocenters. The quantitative estimate of drug-likeness (QED) is 0.379. The maximum Gasteiger partial charge on any atom is 0.485 e. The first kappa shape index (κ1) is 16.9. The van der Waals surface area contributed by atoms with E-state index in [-0.39, 0.29) is 12.3 Å². The Kier molecular flexibility index (Phi) is 6.56. The van der Waals surface area contributed by atoms with E-state index in [0.717, 1.165) is 17.7 Å². The van der Waals surface area contributed by atoms with Crippen molar-refractivity contribution < 1.29 is 14.7 Å². The number of amides is 2. The molecule has 7 heteroatoms. The molecule has 0 bridgehead atoms. The summed E-state index contributed by atoms with van der Waals surface area (Å²) in [6.45, 7) is 1.21. The monoisotopic (exact) mass is 308 g/mol. The summed E-state index contributed by atoms with van der Waals surface area (Å²) in [5.41, 5.74) is -0.524. The second-order valence-corrected chi connectivity index (χ2v) is 5.61. The van der Waals surface area contributed by atoms with Crippen molar-refractivity contribution in [2.24, 2.45) is 0 Å². The number of rotatable bonds is 6. The number of aliphatic hydroxyl groups excluding tert-OH is 1. The van der Waals surface area contributed by atoms with E-state index >= 15 is 0 Å². The molecule has 0 unspecified atom stereocenters. The van der Waals surface area contributed by atoms with Crippen LogP contribution in [0.2, 0.25) is 0 Å². The second-order valence-electron chi connectivity index (χ2n) is 4.58. The van der Waals surface area contributed by atoms with E-state index in [1.54, 1.807) is 11.3 Å². The molecule has 0 aliphatic rings. The van der Waals surface area contributed by atoms with Crippen LogP contribution in [0.3, 0.4) is 0 Å². The summed E-state index contributed by atoms with van der Waals surface area (Å²) in [5.74, 6) is -1.62. The van der Waals surface area contributed by atoms with Crippen LogP contribution in [-0.4, -0.2) is 28.9 Å². The summed E-state index contributed by atoms with van der Waals surface area (Å²) in [6.07, 6.45) is 2.68. The average molecular weight is 308 g/mol. The van der Waals surface area contributed by atoms with Gasteiger partial charge in [0.1, 0.15) is 0 Å². The third-order valence-electron chi connectivity index (χ3n) is 2.97. The molecular weight excluding hydrogens is 290 g/mol. The van der Waals surface area contributed by atoms with E-state index in [2.05, 4.69) is 4.98 Å².